The van der Waals surface area contributed by atoms with Crippen molar-refractivity contribution in [1.82, 2.24) is 5.09 Å². The van der Waals surface area contributed by atoms with E-state index in [0.717, 1.165) is 16.2 Å². The second-order valence-corrected chi connectivity index (χ2v) is 11.6. The van der Waals surface area contributed by atoms with E-state index in [4.69, 9.17) is 32.9 Å². The lowest BCUT2D eigenvalue weighted by Gasteiger charge is -2.30. The van der Waals surface area contributed by atoms with Gasteiger partial charge in [-0.1, -0.05) is 96.2 Å². The van der Waals surface area contributed by atoms with Gasteiger partial charge in [0, 0.05) is 22.2 Å². The molecule has 0 radical (unpaired) electrons. The van der Waals surface area contributed by atoms with Gasteiger partial charge >= 0.3 is 5.97 Å². The third kappa shape index (κ3) is 4.46. The maximum atomic E-state index is 11.7. The zero-order valence-electron chi connectivity index (χ0n) is 16.8. The highest BCUT2D eigenvalue weighted by Crippen LogP contribution is 2.49. The van der Waals surface area contributed by atoms with Gasteiger partial charge in [-0.15, -0.1) is 0 Å². The lowest BCUT2D eigenvalue weighted by Crippen LogP contribution is -2.34. The maximum Gasteiger partial charge on any atom is 0.330 e. The molecule has 0 saturated heterocycles. The second kappa shape index (κ2) is 9.37. The zero-order valence-corrected chi connectivity index (χ0v) is 19.2. The standard InChI is InChI=1S/C24H21ClNO3PS/c1-28-22(27)16-15-21-23(19-13-8-14-20(25)24(19)29-21)26-30(31,17-9-4-2-5-10-17)18-11-6-3-7-12-18/h2-16,21,23H,1H3,(H,26,31)/b16-15+/t21-,23+/m0/s1. The highest BCUT2D eigenvalue weighted by Gasteiger charge is 2.38. The molecular formula is C24H21ClNO3PS. The number of rotatable bonds is 6. The Hall–Kier alpha value is -2.43. The summed E-state index contributed by atoms with van der Waals surface area (Å²) in [6.07, 6.45) is 0.164. The van der Waals surface area contributed by atoms with E-state index in [-0.39, 0.29) is 6.04 Å². The molecule has 7 heteroatoms. The fourth-order valence-corrected chi connectivity index (χ4v) is 7.34. The summed E-state index contributed by atoms with van der Waals surface area (Å²) in [5, 5.41) is 6.35. The average Bonchev–Trinajstić information content (AvgIpc) is 3.17. The van der Waals surface area contributed by atoms with E-state index in [1.54, 1.807) is 12.1 Å². The topological polar surface area (TPSA) is 47.6 Å². The molecule has 1 N–H and O–H groups in total. The van der Waals surface area contributed by atoms with Gasteiger partial charge < -0.3 is 9.47 Å². The van der Waals surface area contributed by atoms with E-state index in [2.05, 4.69) is 29.4 Å². The van der Waals surface area contributed by atoms with Crippen LogP contribution in [0.25, 0.3) is 0 Å². The molecule has 3 aromatic rings. The van der Waals surface area contributed by atoms with Crippen molar-refractivity contribution in [2.75, 3.05) is 7.11 Å². The molecule has 4 nitrogen and oxygen atoms in total. The van der Waals surface area contributed by atoms with Gasteiger partial charge in [0.15, 0.2) is 0 Å². The number of carbonyl (C=O) groups is 1. The molecule has 31 heavy (non-hydrogen) atoms. The number of nitrogens with one attached hydrogen (secondary N) is 1. The molecular weight excluding hydrogens is 449 g/mol. The van der Waals surface area contributed by atoms with Crippen molar-refractivity contribution in [2.45, 2.75) is 12.1 Å². The lowest BCUT2D eigenvalue weighted by molar-refractivity contribution is -0.134. The van der Waals surface area contributed by atoms with Crippen LogP contribution in [0.5, 0.6) is 5.75 Å². The normalized spacial score (nSPS) is 17.9. The number of fused-ring (bicyclic) bond motifs is 1. The Morgan fingerprint density at radius 3 is 2.23 bits per heavy atom. The van der Waals surface area contributed by atoms with Gasteiger partial charge in [0.25, 0.3) is 0 Å². The molecule has 158 valence electrons. The van der Waals surface area contributed by atoms with Crippen LogP contribution in [0.3, 0.4) is 0 Å². The highest BCUT2D eigenvalue weighted by atomic mass is 35.5. The predicted octanol–water partition coefficient (Wildman–Crippen LogP) is 4.51. The van der Waals surface area contributed by atoms with Gasteiger partial charge in [-0.2, -0.15) is 0 Å². The number of hydrogen-bond acceptors (Lipinski definition) is 4. The van der Waals surface area contributed by atoms with Crippen LogP contribution in [0.4, 0.5) is 0 Å². The first-order valence-corrected chi connectivity index (χ1v) is 12.9. The molecule has 1 aliphatic rings. The minimum atomic E-state index is -2.43. The zero-order chi connectivity index (χ0) is 21.8. The first-order chi connectivity index (χ1) is 15.0. The number of hydrogen-bond donors (Lipinski definition) is 1. The molecule has 3 aromatic carbocycles. The molecule has 0 fully saturated rings. The molecule has 1 aliphatic heterocycles. The van der Waals surface area contributed by atoms with Gasteiger partial charge in [0.2, 0.25) is 0 Å². The Balaban J connectivity index is 1.80. The maximum absolute atomic E-state index is 11.7. The van der Waals surface area contributed by atoms with Crippen molar-refractivity contribution in [3.8, 4) is 5.75 Å². The summed E-state index contributed by atoms with van der Waals surface area (Å²) in [4.78, 5) is 11.7. The summed E-state index contributed by atoms with van der Waals surface area (Å²) in [7, 11) is 1.34. The van der Waals surface area contributed by atoms with E-state index in [9.17, 15) is 4.79 Å². The van der Waals surface area contributed by atoms with Crippen LogP contribution >= 0.6 is 17.8 Å². The Morgan fingerprint density at radius 2 is 1.65 bits per heavy atom. The van der Waals surface area contributed by atoms with Crippen LogP contribution in [0.1, 0.15) is 11.6 Å². The van der Waals surface area contributed by atoms with Gasteiger partial charge in [-0.25, -0.2) is 4.79 Å². The minimum Gasteiger partial charge on any atom is -0.482 e. The molecule has 0 spiro atoms. The molecule has 0 aliphatic carbocycles. The van der Waals surface area contributed by atoms with E-state index in [1.807, 2.05) is 48.5 Å². The number of esters is 1. The first-order valence-electron chi connectivity index (χ1n) is 9.73. The average molecular weight is 470 g/mol. The smallest absolute Gasteiger partial charge is 0.330 e. The molecule has 4 rings (SSSR count). The largest absolute Gasteiger partial charge is 0.482 e. The van der Waals surface area contributed by atoms with Crippen molar-refractivity contribution in [3.05, 3.63) is 102 Å². The Morgan fingerprint density at radius 1 is 1.03 bits per heavy atom. The van der Waals surface area contributed by atoms with Crippen LogP contribution < -0.4 is 20.4 Å². The van der Waals surface area contributed by atoms with Crippen LogP contribution in [0.15, 0.2) is 91.0 Å². The summed E-state index contributed by atoms with van der Waals surface area (Å²) in [5.41, 5.74) is 0.910. The van der Waals surface area contributed by atoms with Gasteiger partial charge in [0.05, 0.1) is 24.4 Å². The first kappa shape index (κ1) is 21.8. The quantitative estimate of drug-likeness (QED) is 0.327. The minimum absolute atomic E-state index is 0.291. The van der Waals surface area contributed by atoms with E-state index in [0.29, 0.717) is 10.8 Å². The van der Waals surface area contributed by atoms with E-state index in [1.165, 1.54) is 13.2 Å². The molecule has 0 amide bonds. The summed E-state index contributed by atoms with van der Waals surface area (Å²) in [6.45, 7) is 0. The summed E-state index contributed by atoms with van der Waals surface area (Å²) >= 11 is 12.8. The van der Waals surface area contributed by atoms with Crippen molar-refractivity contribution in [3.63, 3.8) is 0 Å². The lowest BCUT2D eigenvalue weighted by atomic mass is 10.0. The van der Waals surface area contributed by atoms with Gasteiger partial charge in [-0.3, -0.25) is 5.09 Å². The summed E-state index contributed by atoms with van der Waals surface area (Å²) in [5.74, 6) is 0.152. The molecule has 0 aromatic heterocycles. The summed E-state index contributed by atoms with van der Waals surface area (Å²) in [6, 6.07) is 25.5. The molecule has 0 unspecified atom stereocenters. The molecule has 2 atom stereocenters. The molecule has 0 bridgehead atoms. The second-order valence-electron chi connectivity index (χ2n) is 7.01. The van der Waals surface area contributed by atoms with E-state index >= 15 is 0 Å². The fourth-order valence-electron chi connectivity index (χ4n) is 3.58. The Kier molecular flexibility index (Phi) is 6.59. The van der Waals surface area contributed by atoms with Crippen LogP contribution in [-0.4, -0.2) is 19.2 Å². The predicted molar refractivity (Wildman–Crippen MR) is 129 cm³/mol. The summed E-state index contributed by atoms with van der Waals surface area (Å²) < 4.78 is 10.9. The van der Waals surface area contributed by atoms with Crippen LogP contribution in [0, 0.1) is 0 Å². The van der Waals surface area contributed by atoms with Crippen LogP contribution in [-0.2, 0) is 21.3 Å². The number of methoxy groups -OCH3 is 1. The third-order valence-corrected chi connectivity index (χ3v) is 9.67. The van der Waals surface area contributed by atoms with Crippen LogP contribution in [0.2, 0.25) is 5.02 Å². The van der Waals surface area contributed by atoms with Gasteiger partial charge in [-0.05, 0) is 12.1 Å². The molecule has 1 heterocycles. The van der Waals surface area contributed by atoms with Crippen molar-refractivity contribution in [2.24, 2.45) is 0 Å². The number of halogens is 1. The molecule has 0 saturated carbocycles. The van der Waals surface area contributed by atoms with E-state index < -0.39 is 18.3 Å². The number of carbonyl (C=O) groups excluding carboxylic acids is 1. The third-order valence-electron chi connectivity index (χ3n) is 5.10. The monoisotopic (exact) mass is 469 g/mol. The fraction of sp³-hybridized carbons (Fsp3) is 0.125. The van der Waals surface area contributed by atoms with Crippen molar-refractivity contribution in [1.29, 1.82) is 0 Å². The Bertz CT molecular complexity index is 1110. The highest BCUT2D eigenvalue weighted by molar-refractivity contribution is 8.20. The Labute approximate surface area is 191 Å². The number of ether oxygens (including phenoxy) is 2. The van der Waals surface area contributed by atoms with Gasteiger partial charge in [0.1, 0.15) is 11.9 Å². The number of benzene rings is 3. The van der Waals surface area contributed by atoms with Crippen molar-refractivity contribution < 1.29 is 14.3 Å². The van der Waals surface area contributed by atoms with Crippen molar-refractivity contribution >= 4 is 46.2 Å². The number of para-hydroxylation sites is 1. The SMILES string of the molecule is COC(=O)/C=C/[C@@H]1Oc2c(Cl)cccc2[C@H]1NP(=S)(c1ccccc1)c1ccccc1.